The summed E-state index contributed by atoms with van der Waals surface area (Å²) in [4.78, 5) is 17.0. The highest BCUT2D eigenvalue weighted by molar-refractivity contribution is 6.30. The number of aromatic nitrogens is 3. The maximum absolute atomic E-state index is 12.8. The Morgan fingerprint density at radius 2 is 1.86 bits per heavy atom. The van der Waals surface area contributed by atoms with Crippen molar-refractivity contribution in [2.75, 3.05) is 26.2 Å². The maximum atomic E-state index is 12.8. The summed E-state index contributed by atoms with van der Waals surface area (Å²) in [7, 11) is 0. The van der Waals surface area contributed by atoms with Crippen molar-refractivity contribution in [2.24, 2.45) is 0 Å². The number of piperazine rings is 1. The minimum atomic E-state index is 0.0113. The predicted molar refractivity (Wildman–Crippen MR) is 106 cm³/mol. The van der Waals surface area contributed by atoms with Crippen molar-refractivity contribution in [3.05, 3.63) is 64.3 Å². The predicted octanol–water partition coefficient (Wildman–Crippen LogP) is 3.09. The van der Waals surface area contributed by atoms with Gasteiger partial charge in [-0.15, -0.1) is 0 Å². The molecule has 0 unspecified atom stereocenters. The molecular formula is C20H22ClN5O2. The molecule has 3 aromatic rings. The van der Waals surface area contributed by atoms with Gasteiger partial charge < -0.3 is 9.42 Å². The van der Waals surface area contributed by atoms with E-state index in [-0.39, 0.29) is 5.91 Å². The minimum absolute atomic E-state index is 0.0113. The van der Waals surface area contributed by atoms with E-state index in [0.717, 1.165) is 42.3 Å². The first-order chi connectivity index (χ1) is 13.5. The lowest BCUT2D eigenvalue weighted by Crippen LogP contribution is -2.48. The zero-order valence-corrected chi connectivity index (χ0v) is 16.7. The van der Waals surface area contributed by atoms with Crippen LogP contribution in [0, 0.1) is 13.8 Å². The second kappa shape index (κ2) is 7.77. The highest BCUT2D eigenvalue weighted by Crippen LogP contribution is 2.18. The molecule has 146 valence electrons. The molecule has 28 heavy (non-hydrogen) atoms. The van der Waals surface area contributed by atoms with Crippen molar-refractivity contribution in [1.29, 1.82) is 0 Å². The molecule has 0 N–H and O–H groups in total. The Labute approximate surface area is 168 Å². The number of amides is 1. The van der Waals surface area contributed by atoms with Crippen molar-refractivity contribution < 1.29 is 9.32 Å². The summed E-state index contributed by atoms with van der Waals surface area (Å²) < 4.78 is 6.93. The van der Waals surface area contributed by atoms with E-state index in [4.69, 9.17) is 16.1 Å². The molecule has 1 amide bonds. The number of hydrogen-bond acceptors (Lipinski definition) is 5. The van der Waals surface area contributed by atoms with Crippen LogP contribution in [0.2, 0.25) is 5.02 Å². The number of rotatable bonds is 4. The molecule has 0 saturated carbocycles. The van der Waals surface area contributed by atoms with Crippen LogP contribution in [0.15, 0.2) is 41.2 Å². The maximum Gasteiger partial charge on any atom is 0.257 e. The highest BCUT2D eigenvalue weighted by Gasteiger charge is 2.24. The van der Waals surface area contributed by atoms with Crippen LogP contribution < -0.4 is 0 Å². The quantitative estimate of drug-likeness (QED) is 0.674. The molecule has 2 aromatic heterocycles. The lowest BCUT2D eigenvalue weighted by Gasteiger charge is -2.34. The van der Waals surface area contributed by atoms with Crippen LogP contribution in [-0.4, -0.2) is 56.8 Å². The third-order valence-corrected chi connectivity index (χ3v) is 5.40. The van der Waals surface area contributed by atoms with Crippen LogP contribution in [-0.2, 0) is 6.54 Å². The number of aryl methyl sites for hydroxylation is 2. The van der Waals surface area contributed by atoms with E-state index in [2.05, 4.69) is 15.2 Å². The lowest BCUT2D eigenvalue weighted by molar-refractivity contribution is 0.0627. The van der Waals surface area contributed by atoms with Crippen LogP contribution >= 0.6 is 11.6 Å². The topological polar surface area (TPSA) is 67.4 Å². The lowest BCUT2D eigenvalue weighted by atomic mass is 10.1. The van der Waals surface area contributed by atoms with E-state index in [0.29, 0.717) is 23.7 Å². The Morgan fingerprint density at radius 3 is 2.50 bits per heavy atom. The van der Waals surface area contributed by atoms with Gasteiger partial charge in [-0.1, -0.05) is 16.8 Å². The first kappa shape index (κ1) is 18.7. The molecule has 4 rings (SSSR count). The van der Waals surface area contributed by atoms with Crippen LogP contribution in [0.5, 0.6) is 0 Å². The number of carbonyl (C=O) groups excluding carboxylic acids is 1. The number of hydrogen-bond donors (Lipinski definition) is 0. The van der Waals surface area contributed by atoms with Gasteiger partial charge in [-0.25, -0.2) is 4.68 Å². The Morgan fingerprint density at radius 1 is 1.14 bits per heavy atom. The molecule has 7 nitrogen and oxygen atoms in total. The SMILES string of the molecule is Cc1noc(C)c1CN1CCN(C(=O)c2cnn(-c3ccc(Cl)cc3)c2)CC1. The second-order valence-corrected chi connectivity index (χ2v) is 7.46. The first-order valence-electron chi connectivity index (χ1n) is 9.25. The largest absolute Gasteiger partial charge is 0.361 e. The Bertz CT molecular complexity index is 951. The van der Waals surface area contributed by atoms with Gasteiger partial charge in [-0.05, 0) is 38.1 Å². The minimum Gasteiger partial charge on any atom is -0.361 e. The fraction of sp³-hybridized carbons (Fsp3) is 0.350. The van der Waals surface area contributed by atoms with E-state index in [1.807, 2.05) is 30.9 Å². The molecule has 0 bridgehead atoms. The molecule has 1 fully saturated rings. The average molecular weight is 400 g/mol. The molecule has 0 aliphatic carbocycles. The van der Waals surface area contributed by atoms with Gasteiger partial charge in [0.25, 0.3) is 5.91 Å². The Hall–Kier alpha value is -2.64. The summed E-state index contributed by atoms with van der Waals surface area (Å²) in [5, 5.41) is 9.00. The monoisotopic (exact) mass is 399 g/mol. The van der Waals surface area contributed by atoms with Crippen molar-refractivity contribution >= 4 is 17.5 Å². The van der Waals surface area contributed by atoms with Gasteiger partial charge in [0.2, 0.25) is 0 Å². The van der Waals surface area contributed by atoms with Crippen molar-refractivity contribution in [3.63, 3.8) is 0 Å². The number of halogens is 1. The third-order valence-electron chi connectivity index (χ3n) is 5.14. The summed E-state index contributed by atoms with van der Waals surface area (Å²) in [6.45, 7) is 7.72. The number of nitrogens with zero attached hydrogens (tertiary/aromatic N) is 5. The number of benzene rings is 1. The average Bonchev–Trinajstić information content (AvgIpc) is 3.31. The molecule has 1 aliphatic rings. The molecule has 8 heteroatoms. The first-order valence-corrected chi connectivity index (χ1v) is 9.63. The third kappa shape index (κ3) is 3.81. The van der Waals surface area contributed by atoms with Crippen LogP contribution in [0.25, 0.3) is 5.69 Å². The van der Waals surface area contributed by atoms with Gasteiger partial charge in [0, 0.05) is 49.5 Å². The summed E-state index contributed by atoms with van der Waals surface area (Å²) in [6.07, 6.45) is 3.38. The molecule has 1 saturated heterocycles. The molecule has 3 heterocycles. The van der Waals surface area contributed by atoms with Gasteiger partial charge in [0.05, 0.1) is 23.1 Å². The zero-order valence-electron chi connectivity index (χ0n) is 15.9. The Balaban J connectivity index is 1.37. The van der Waals surface area contributed by atoms with Crippen molar-refractivity contribution in [2.45, 2.75) is 20.4 Å². The fourth-order valence-corrected chi connectivity index (χ4v) is 3.54. The molecule has 0 atom stereocenters. The fourth-order valence-electron chi connectivity index (χ4n) is 3.41. The van der Waals surface area contributed by atoms with Gasteiger partial charge in [0.15, 0.2) is 0 Å². The van der Waals surface area contributed by atoms with Crippen LogP contribution in [0.1, 0.15) is 27.4 Å². The summed E-state index contributed by atoms with van der Waals surface area (Å²) >= 11 is 5.93. The van der Waals surface area contributed by atoms with Gasteiger partial charge in [-0.3, -0.25) is 9.69 Å². The highest BCUT2D eigenvalue weighted by atomic mass is 35.5. The standard InChI is InChI=1S/C20H22ClN5O2/c1-14-19(15(2)28-23-14)13-24-7-9-25(10-8-24)20(27)16-11-22-26(12-16)18-5-3-17(21)4-6-18/h3-6,11-12H,7-10,13H2,1-2H3. The van der Waals surface area contributed by atoms with Gasteiger partial charge >= 0.3 is 0 Å². The van der Waals surface area contributed by atoms with Crippen molar-refractivity contribution in [3.8, 4) is 5.69 Å². The van der Waals surface area contributed by atoms with E-state index in [1.54, 1.807) is 29.2 Å². The molecule has 1 aliphatic heterocycles. The van der Waals surface area contributed by atoms with E-state index >= 15 is 0 Å². The second-order valence-electron chi connectivity index (χ2n) is 7.02. The van der Waals surface area contributed by atoms with Crippen molar-refractivity contribution in [1.82, 2.24) is 24.7 Å². The van der Waals surface area contributed by atoms with Gasteiger partial charge in [0.1, 0.15) is 5.76 Å². The summed E-state index contributed by atoms with van der Waals surface area (Å²) in [5.74, 6) is 0.878. The van der Waals surface area contributed by atoms with E-state index < -0.39 is 0 Å². The molecule has 0 spiro atoms. The molecule has 1 aromatic carbocycles. The molecular weight excluding hydrogens is 378 g/mol. The Kier molecular flexibility index (Phi) is 5.19. The van der Waals surface area contributed by atoms with E-state index in [9.17, 15) is 4.79 Å². The smallest absolute Gasteiger partial charge is 0.257 e. The van der Waals surface area contributed by atoms with Gasteiger partial charge in [-0.2, -0.15) is 5.10 Å². The van der Waals surface area contributed by atoms with Crippen LogP contribution in [0.4, 0.5) is 0 Å². The van der Waals surface area contributed by atoms with Crippen LogP contribution in [0.3, 0.4) is 0 Å². The van der Waals surface area contributed by atoms with E-state index in [1.165, 1.54) is 0 Å². The zero-order chi connectivity index (χ0) is 19.7. The molecule has 0 radical (unpaired) electrons. The normalized spacial score (nSPS) is 15.2. The summed E-state index contributed by atoms with van der Waals surface area (Å²) in [5.41, 5.74) is 3.54. The number of carbonyl (C=O) groups is 1. The summed E-state index contributed by atoms with van der Waals surface area (Å²) in [6, 6.07) is 7.35.